The lowest BCUT2D eigenvalue weighted by Crippen LogP contribution is -2.39. The van der Waals surface area contributed by atoms with E-state index in [4.69, 9.17) is 4.74 Å². The maximum atomic E-state index is 14.2. The summed E-state index contributed by atoms with van der Waals surface area (Å²) in [6.07, 6.45) is -4.93. The average Bonchev–Trinajstić information content (AvgIpc) is 3.34. The number of ether oxygens (including phenoxy) is 1. The number of anilines is 1. The Morgan fingerprint density at radius 3 is 2.27 bits per heavy atom. The van der Waals surface area contributed by atoms with Crippen LogP contribution in [0.4, 0.5) is 18.9 Å². The molecule has 3 amide bonds. The van der Waals surface area contributed by atoms with Gasteiger partial charge in [0.1, 0.15) is 11.4 Å². The van der Waals surface area contributed by atoms with E-state index in [1.165, 1.54) is 35.1 Å². The molecule has 0 atom stereocenters. The van der Waals surface area contributed by atoms with Crippen molar-refractivity contribution in [2.75, 3.05) is 39.2 Å². The molecule has 0 radical (unpaired) electrons. The number of benzene rings is 2. The second-order valence-corrected chi connectivity index (χ2v) is 10.1. The lowest BCUT2D eigenvalue weighted by atomic mass is 10.0. The Balaban J connectivity index is 1.88. The van der Waals surface area contributed by atoms with Crippen molar-refractivity contribution in [3.05, 3.63) is 70.5 Å². The quantitative estimate of drug-likeness (QED) is 0.411. The summed E-state index contributed by atoms with van der Waals surface area (Å²) in [6, 6.07) is 10.5. The maximum absolute atomic E-state index is 14.2. The zero-order valence-electron chi connectivity index (χ0n) is 23.7. The van der Waals surface area contributed by atoms with Gasteiger partial charge in [0, 0.05) is 50.0 Å². The monoisotopic (exact) mass is 571 g/mol. The third kappa shape index (κ3) is 5.50. The number of aromatic nitrogens is 2. The second-order valence-electron chi connectivity index (χ2n) is 10.1. The number of carbonyl (C=O) groups excluding carboxylic acids is 3. The van der Waals surface area contributed by atoms with E-state index >= 15 is 0 Å². The van der Waals surface area contributed by atoms with Gasteiger partial charge in [-0.15, -0.1) is 0 Å². The minimum absolute atomic E-state index is 0.0209. The molecule has 0 unspecified atom stereocenters. The molecule has 4 rings (SSSR count). The fourth-order valence-corrected chi connectivity index (χ4v) is 4.95. The first-order valence-corrected chi connectivity index (χ1v) is 13.1. The third-order valence-corrected chi connectivity index (χ3v) is 7.00. The Labute approximate surface area is 236 Å². The molecule has 3 aromatic rings. The first kappa shape index (κ1) is 29.6. The summed E-state index contributed by atoms with van der Waals surface area (Å²) in [5.74, 6) is -1.04. The van der Waals surface area contributed by atoms with Crippen LogP contribution < -0.4 is 9.64 Å². The Bertz CT molecular complexity index is 1480. The van der Waals surface area contributed by atoms with E-state index in [9.17, 15) is 27.6 Å². The van der Waals surface area contributed by atoms with Gasteiger partial charge in [-0.3, -0.25) is 14.4 Å². The summed E-state index contributed by atoms with van der Waals surface area (Å²) in [6.45, 7) is 5.80. The van der Waals surface area contributed by atoms with Gasteiger partial charge in [0.2, 0.25) is 0 Å². The molecule has 0 aliphatic carbocycles. The molecule has 9 nitrogen and oxygen atoms in total. The van der Waals surface area contributed by atoms with Gasteiger partial charge in [-0.25, -0.2) is 4.68 Å². The molecule has 12 heteroatoms. The Morgan fingerprint density at radius 1 is 1.07 bits per heavy atom. The highest BCUT2D eigenvalue weighted by atomic mass is 19.4. The van der Waals surface area contributed by atoms with Gasteiger partial charge >= 0.3 is 6.18 Å². The molecule has 0 fully saturated rings. The standard InChI is InChI=1S/C29H32F3N5O4/c1-7-35(17(2)3)27(39)22-16-20(41-6)12-13-23(22)37-24-21(25(33-37)29(30,31)32)14-15-36(28(24)40)19-10-8-18(9-11-19)26(38)34(4)5/h8-13,16-17H,7,14-15H2,1-6H3. The fraction of sp³-hybridized carbons (Fsp3) is 0.379. The van der Waals surface area contributed by atoms with E-state index in [1.807, 2.05) is 13.8 Å². The molecular formula is C29H32F3N5O4. The third-order valence-electron chi connectivity index (χ3n) is 7.00. The number of rotatable bonds is 7. The molecular weight excluding hydrogens is 539 g/mol. The number of carbonyl (C=O) groups is 3. The predicted octanol–water partition coefficient (Wildman–Crippen LogP) is 4.67. The van der Waals surface area contributed by atoms with Crippen molar-refractivity contribution >= 4 is 23.4 Å². The van der Waals surface area contributed by atoms with Crippen LogP contribution in [-0.2, 0) is 12.6 Å². The summed E-state index contributed by atoms with van der Waals surface area (Å²) in [5.41, 5.74) is -0.773. The highest BCUT2D eigenvalue weighted by Gasteiger charge is 2.44. The van der Waals surface area contributed by atoms with Crippen LogP contribution in [0.25, 0.3) is 5.69 Å². The molecule has 218 valence electrons. The minimum atomic E-state index is -4.82. The second kappa shape index (κ2) is 11.3. The predicted molar refractivity (Wildman–Crippen MR) is 147 cm³/mol. The number of methoxy groups -OCH3 is 1. The first-order chi connectivity index (χ1) is 19.3. The minimum Gasteiger partial charge on any atom is -0.497 e. The van der Waals surface area contributed by atoms with Gasteiger partial charge in [-0.1, -0.05) is 0 Å². The van der Waals surface area contributed by atoms with E-state index in [0.29, 0.717) is 23.5 Å². The van der Waals surface area contributed by atoms with Crippen molar-refractivity contribution in [1.29, 1.82) is 0 Å². The van der Waals surface area contributed by atoms with Gasteiger partial charge in [-0.05, 0) is 69.7 Å². The van der Waals surface area contributed by atoms with E-state index in [0.717, 1.165) is 4.68 Å². The van der Waals surface area contributed by atoms with Gasteiger partial charge in [0.05, 0.1) is 18.4 Å². The lowest BCUT2D eigenvalue weighted by Gasteiger charge is -2.29. The van der Waals surface area contributed by atoms with Gasteiger partial charge < -0.3 is 19.4 Å². The number of nitrogens with zero attached hydrogens (tertiary/aromatic N) is 5. The van der Waals surface area contributed by atoms with Crippen molar-refractivity contribution in [2.24, 2.45) is 0 Å². The molecule has 1 aromatic heterocycles. The SMILES string of the molecule is CCN(C(=O)c1cc(OC)ccc1-n1nc(C(F)(F)F)c2c1C(=O)N(c1ccc(C(=O)N(C)C)cc1)CC2)C(C)C. The van der Waals surface area contributed by atoms with Crippen LogP contribution >= 0.6 is 0 Å². The maximum Gasteiger partial charge on any atom is 0.435 e. The van der Waals surface area contributed by atoms with Crippen LogP contribution in [0.5, 0.6) is 5.75 Å². The van der Waals surface area contributed by atoms with Crippen LogP contribution in [0.1, 0.15) is 63.2 Å². The zero-order valence-corrected chi connectivity index (χ0v) is 23.7. The molecule has 2 heterocycles. The number of hydrogen-bond donors (Lipinski definition) is 0. The largest absolute Gasteiger partial charge is 0.497 e. The highest BCUT2D eigenvalue weighted by Crippen LogP contribution is 2.38. The average molecular weight is 572 g/mol. The molecule has 0 saturated heterocycles. The molecule has 1 aliphatic rings. The zero-order chi connectivity index (χ0) is 30.2. The summed E-state index contributed by atoms with van der Waals surface area (Å²) in [4.78, 5) is 44.1. The van der Waals surface area contributed by atoms with Crippen LogP contribution in [0.15, 0.2) is 42.5 Å². The lowest BCUT2D eigenvalue weighted by molar-refractivity contribution is -0.141. The fourth-order valence-electron chi connectivity index (χ4n) is 4.95. The number of fused-ring (bicyclic) bond motifs is 1. The normalized spacial score (nSPS) is 13.3. The number of halogens is 3. The topological polar surface area (TPSA) is 88.0 Å². The summed E-state index contributed by atoms with van der Waals surface area (Å²) in [5, 5.41) is 3.88. The first-order valence-electron chi connectivity index (χ1n) is 13.1. The molecule has 1 aliphatic heterocycles. The Kier molecular flexibility index (Phi) is 8.14. The van der Waals surface area contributed by atoms with Gasteiger partial charge in [0.15, 0.2) is 5.69 Å². The Hall–Kier alpha value is -4.35. The van der Waals surface area contributed by atoms with E-state index in [2.05, 4.69) is 5.10 Å². The number of hydrogen-bond acceptors (Lipinski definition) is 5. The van der Waals surface area contributed by atoms with Gasteiger partial charge in [-0.2, -0.15) is 18.3 Å². The smallest absolute Gasteiger partial charge is 0.435 e. The van der Waals surface area contributed by atoms with Crippen LogP contribution in [-0.4, -0.2) is 77.6 Å². The summed E-state index contributed by atoms with van der Waals surface area (Å²) < 4.78 is 48.7. The van der Waals surface area contributed by atoms with E-state index in [-0.39, 0.29) is 47.4 Å². The van der Waals surface area contributed by atoms with Crippen molar-refractivity contribution < 1.29 is 32.3 Å². The van der Waals surface area contributed by atoms with Crippen molar-refractivity contribution in [3.8, 4) is 11.4 Å². The van der Waals surface area contributed by atoms with Crippen molar-refractivity contribution in [3.63, 3.8) is 0 Å². The molecule has 2 aromatic carbocycles. The summed E-state index contributed by atoms with van der Waals surface area (Å²) >= 11 is 0. The van der Waals surface area contributed by atoms with Crippen LogP contribution in [0, 0.1) is 0 Å². The van der Waals surface area contributed by atoms with Crippen molar-refractivity contribution in [1.82, 2.24) is 19.6 Å². The van der Waals surface area contributed by atoms with Gasteiger partial charge in [0.25, 0.3) is 17.7 Å². The number of amides is 3. The summed E-state index contributed by atoms with van der Waals surface area (Å²) in [7, 11) is 4.65. The molecule has 0 bridgehead atoms. The van der Waals surface area contributed by atoms with Crippen LogP contribution in [0.2, 0.25) is 0 Å². The highest BCUT2D eigenvalue weighted by molar-refractivity contribution is 6.08. The molecule has 41 heavy (non-hydrogen) atoms. The van der Waals surface area contributed by atoms with Crippen molar-refractivity contribution in [2.45, 2.75) is 39.4 Å². The molecule has 0 spiro atoms. The molecule has 0 saturated carbocycles. The van der Waals surface area contributed by atoms with Crippen LogP contribution in [0.3, 0.4) is 0 Å². The number of alkyl halides is 3. The Morgan fingerprint density at radius 2 is 1.73 bits per heavy atom. The molecule has 0 N–H and O–H groups in total. The van der Waals surface area contributed by atoms with E-state index in [1.54, 1.807) is 50.2 Å². The van der Waals surface area contributed by atoms with E-state index < -0.39 is 23.7 Å².